The van der Waals surface area contributed by atoms with Crippen molar-refractivity contribution in [3.05, 3.63) is 186 Å². The number of fused-ring (bicyclic) bond motifs is 1. The lowest BCUT2D eigenvalue weighted by Crippen LogP contribution is -2.51. The van der Waals surface area contributed by atoms with Crippen LogP contribution in [0.15, 0.2) is 168 Å². The van der Waals surface area contributed by atoms with Crippen LogP contribution in [0.4, 0.5) is 4.79 Å². The molecular weight excluding hydrogens is 685 g/mol. The highest BCUT2D eigenvalue weighted by Crippen LogP contribution is 2.48. The van der Waals surface area contributed by atoms with Crippen molar-refractivity contribution in [3.63, 3.8) is 0 Å². The van der Waals surface area contributed by atoms with Gasteiger partial charge in [-0.15, -0.1) is 0 Å². The van der Waals surface area contributed by atoms with E-state index in [0.717, 1.165) is 60.9 Å². The second-order valence-corrected chi connectivity index (χ2v) is 14.7. The van der Waals surface area contributed by atoms with Gasteiger partial charge in [-0.3, -0.25) is 14.5 Å². The van der Waals surface area contributed by atoms with Gasteiger partial charge in [0, 0.05) is 11.9 Å². The molecule has 9 heteroatoms. The lowest BCUT2D eigenvalue weighted by atomic mass is 9.75. The van der Waals surface area contributed by atoms with Gasteiger partial charge in [-0.1, -0.05) is 145 Å². The molecule has 52 heavy (non-hydrogen) atoms. The summed E-state index contributed by atoms with van der Waals surface area (Å²) in [5.74, 6) is 1.23. The number of rotatable bonds is 11. The zero-order valence-corrected chi connectivity index (χ0v) is 30.0. The molecular formula is C43H34N4O3S2. The fraction of sp³-hybridized carbons (Fsp3) is 0.116. The van der Waals surface area contributed by atoms with Crippen molar-refractivity contribution in [2.24, 2.45) is 7.05 Å². The van der Waals surface area contributed by atoms with Gasteiger partial charge in [-0.25, -0.2) is 9.97 Å². The summed E-state index contributed by atoms with van der Waals surface area (Å²) in [5.41, 5.74) is 3.96. The quantitative estimate of drug-likeness (QED) is 0.123. The summed E-state index contributed by atoms with van der Waals surface area (Å²) in [6, 6.07) is 51.3. The molecule has 1 saturated heterocycles. The molecule has 2 aromatic heterocycles. The van der Waals surface area contributed by atoms with E-state index in [-0.39, 0.29) is 17.8 Å². The molecule has 2 amide bonds. The van der Waals surface area contributed by atoms with E-state index in [1.54, 1.807) is 11.8 Å². The van der Waals surface area contributed by atoms with Crippen LogP contribution in [0.5, 0.6) is 5.75 Å². The Labute approximate surface area is 310 Å². The third-order valence-electron chi connectivity index (χ3n) is 9.29. The number of thioether (sulfide) groups is 1. The molecule has 7 aromatic rings. The lowest BCUT2D eigenvalue weighted by molar-refractivity contribution is -0.129. The minimum Gasteiger partial charge on any atom is -0.486 e. The number of pyridine rings is 1. The molecule has 0 N–H and O–H groups in total. The summed E-state index contributed by atoms with van der Waals surface area (Å²) >= 11 is 2.71. The van der Waals surface area contributed by atoms with Crippen LogP contribution in [-0.2, 0) is 30.4 Å². The van der Waals surface area contributed by atoms with Gasteiger partial charge in [-0.2, -0.15) is 0 Å². The first-order valence-corrected chi connectivity index (χ1v) is 18.7. The maximum atomic E-state index is 14.5. The summed E-state index contributed by atoms with van der Waals surface area (Å²) in [6.07, 6.45) is 0.403. The van der Waals surface area contributed by atoms with Gasteiger partial charge >= 0.3 is 0 Å². The van der Waals surface area contributed by atoms with Crippen molar-refractivity contribution in [1.29, 1.82) is 0 Å². The average molecular weight is 719 g/mol. The van der Waals surface area contributed by atoms with Crippen LogP contribution in [0.25, 0.3) is 11.2 Å². The Kier molecular flexibility index (Phi) is 9.37. The molecule has 0 spiro atoms. The van der Waals surface area contributed by atoms with E-state index < -0.39 is 10.8 Å². The minimum atomic E-state index is -1.13. The Balaban J connectivity index is 0.998. The van der Waals surface area contributed by atoms with E-state index in [4.69, 9.17) is 14.7 Å². The number of carbonyl (C=O) groups excluding carboxylic acids is 2. The van der Waals surface area contributed by atoms with Crippen LogP contribution >= 0.6 is 23.5 Å². The summed E-state index contributed by atoms with van der Waals surface area (Å²) in [5, 5.41) is 0.0563. The van der Waals surface area contributed by atoms with Crippen LogP contribution in [0.2, 0.25) is 0 Å². The SMILES string of the molecule is Cn1c(COc2ccc(CC3SC(=O)N(C(c4ccccc4)(c4ccccc4)c4ccccc4)C3=O)cc2)nc2ccc(Sc3ccccc3)nc21. The number of nitrogens with zero attached hydrogens (tertiary/aromatic N) is 4. The second-order valence-electron chi connectivity index (χ2n) is 12.5. The molecule has 0 saturated carbocycles. The Bertz CT molecular complexity index is 2240. The topological polar surface area (TPSA) is 77.3 Å². The van der Waals surface area contributed by atoms with Gasteiger partial charge < -0.3 is 9.30 Å². The van der Waals surface area contributed by atoms with Crippen LogP contribution in [0, 0.1) is 0 Å². The zero-order chi connectivity index (χ0) is 35.5. The van der Waals surface area contributed by atoms with Crippen molar-refractivity contribution in [3.8, 4) is 5.75 Å². The van der Waals surface area contributed by atoms with Gasteiger partial charge in [0.1, 0.15) is 34.3 Å². The third kappa shape index (κ3) is 6.38. The zero-order valence-electron chi connectivity index (χ0n) is 28.3. The van der Waals surface area contributed by atoms with Crippen LogP contribution < -0.4 is 4.74 Å². The lowest BCUT2D eigenvalue weighted by Gasteiger charge is -2.42. The molecule has 3 heterocycles. The van der Waals surface area contributed by atoms with E-state index in [9.17, 15) is 9.59 Å². The number of aryl methyl sites for hydroxylation is 1. The number of hydrogen-bond donors (Lipinski definition) is 0. The molecule has 256 valence electrons. The highest BCUT2D eigenvalue weighted by Gasteiger charge is 2.53. The minimum absolute atomic E-state index is 0.215. The molecule has 5 aromatic carbocycles. The van der Waals surface area contributed by atoms with Crippen LogP contribution in [-0.4, -0.2) is 35.8 Å². The number of ether oxygens (including phenoxy) is 1. The van der Waals surface area contributed by atoms with Crippen LogP contribution in [0.1, 0.15) is 28.1 Å². The van der Waals surface area contributed by atoms with Crippen molar-refractivity contribution in [2.75, 3.05) is 0 Å². The second kappa shape index (κ2) is 14.5. The van der Waals surface area contributed by atoms with Crippen molar-refractivity contribution in [1.82, 2.24) is 19.4 Å². The molecule has 0 bridgehead atoms. The predicted octanol–water partition coefficient (Wildman–Crippen LogP) is 9.30. The van der Waals surface area contributed by atoms with E-state index in [1.807, 2.05) is 157 Å². The molecule has 0 radical (unpaired) electrons. The van der Waals surface area contributed by atoms with E-state index in [2.05, 4.69) is 12.1 Å². The van der Waals surface area contributed by atoms with Crippen molar-refractivity contribution < 1.29 is 14.3 Å². The summed E-state index contributed by atoms with van der Waals surface area (Å²) in [7, 11) is 1.95. The maximum Gasteiger partial charge on any atom is 0.290 e. The number of imidazole rings is 1. The monoisotopic (exact) mass is 718 g/mol. The summed E-state index contributed by atoms with van der Waals surface area (Å²) in [4.78, 5) is 40.7. The van der Waals surface area contributed by atoms with E-state index in [1.165, 1.54) is 4.90 Å². The fourth-order valence-electron chi connectivity index (χ4n) is 6.79. The highest BCUT2D eigenvalue weighted by molar-refractivity contribution is 8.15. The number of imide groups is 1. The Morgan fingerprint density at radius 2 is 1.25 bits per heavy atom. The molecule has 1 aliphatic rings. The maximum absolute atomic E-state index is 14.5. The standard InChI is InChI=1S/C43H34N4O3S2/c1-46-38(44-36-26-27-39(45-40(36)46)51-35-20-12-5-13-21-35)29-50-34-24-22-30(23-25-34)28-37-41(48)47(42(49)52-37)43(31-14-6-2-7-15-31,32-16-8-3-9-17-32)33-18-10-4-11-19-33/h2-27,37H,28-29H2,1H3. The Morgan fingerprint density at radius 1 is 0.692 bits per heavy atom. The van der Waals surface area contributed by atoms with Gasteiger partial charge in [0.05, 0.1) is 5.25 Å². The predicted molar refractivity (Wildman–Crippen MR) is 206 cm³/mol. The van der Waals surface area contributed by atoms with Crippen LogP contribution in [0.3, 0.4) is 0 Å². The molecule has 8 rings (SSSR count). The highest BCUT2D eigenvalue weighted by atomic mass is 32.2. The molecule has 1 aliphatic heterocycles. The largest absolute Gasteiger partial charge is 0.486 e. The first kappa shape index (κ1) is 33.5. The smallest absolute Gasteiger partial charge is 0.290 e. The number of hydrogen-bond acceptors (Lipinski definition) is 7. The van der Waals surface area contributed by atoms with Gasteiger partial charge in [0.15, 0.2) is 5.65 Å². The summed E-state index contributed by atoms with van der Waals surface area (Å²) < 4.78 is 8.11. The van der Waals surface area contributed by atoms with Gasteiger partial charge in [0.25, 0.3) is 5.24 Å². The number of carbonyl (C=O) groups is 2. The van der Waals surface area contributed by atoms with E-state index >= 15 is 0 Å². The number of benzene rings is 5. The van der Waals surface area contributed by atoms with Gasteiger partial charge in [-0.05, 0) is 65.1 Å². The summed E-state index contributed by atoms with van der Waals surface area (Å²) in [6.45, 7) is 0.272. The number of aromatic nitrogens is 3. The third-order valence-corrected chi connectivity index (χ3v) is 11.3. The first-order chi connectivity index (χ1) is 25.5. The molecule has 1 atom stereocenters. The normalized spacial score (nSPS) is 14.6. The first-order valence-electron chi connectivity index (χ1n) is 17.0. The molecule has 7 nitrogen and oxygen atoms in total. The number of amides is 2. The van der Waals surface area contributed by atoms with E-state index in [0.29, 0.717) is 12.2 Å². The van der Waals surface area contributed by atoms with Gasteiger partial charge in [0.2, 0.25) is 5.91 Å². The van der Waals surface area contributed by atoms with Crippen molar-refractivity contribution in [2.45, 2.75) is 33.7 Å². The van der Waals surface area contributed by atoms with Crippen molar-refractivity contribution >= 4 is 45.8 Å². The molecule has 0 aliphatic carbocycles. The molecule has 1 unspecified atom stereocenters. The Hall–Kier alpha value is -5.64. The fourth-order valence-corrected chi connectivity index (χ4v) is 8.65. The average Bonchev–Trinajstić information content (AvgIpc) is 3.66. The molecule has 1 fully saturated rings. The Morgan fingerprint density at radius 3 is 1.83 bits per heavy atom.